The highest BCUT2D eigenvalue weighted by Crippen LogP contribution is 2.35. The first-order valence-electron chi connectivity index (χ1n) is 15.0. The first-order chi connectivity index (χ1) is 22.2. The van der Waals surface area contributed by atoms with E-state index in [9.17, 15) is 24.3 Å². The van der Waals surface area contributed by atoms with Crippen LogP contribution in [0.3, 0.4) is 0 Å². The summed E-state index contributed by atoms with van der Waals surface area (Å²) in [4.78, 5) is 57.0. The van der Waals surface area contributed by atoms with Crippen molar-refractivity contribution in [3.63, 3.8) is 0 Å². The SMILES string of the molecule is Cc1c(C(=O)O)ccc2c1CC[C@@H]2NC(=O)c1cc(C(=O)NCc2ccc3c(c2)CN(C2=C(N)COC2=O)CC3)nc2ccnn12. The number of carbonyl (C=O) groups is 4. The lowest BCUT2D eigenvalue weighted by molar-refractivity contribution is -0.137. The molecule has 2 aromatic carbocycles. The Labute approximate surface area is 263 Å². The predicted molar refractivity (Wildman–Crippen MR) is 164 cm³/mol. The topological polar surface area (TPSA) is 181 Å². The lowest BCUT2D eigenvalue weighted by atomic mass is 9.97. The molecule has 4 heterocycles. The third-order valence-electron chi connectivity index (χ3n) is 8.96. The van der Waals surface area contributed by atoms with E-state index in [4.69, 9.17) is 10.5 Å². The minimum absolute atomic E-state index is 0.0678. The fourth-order valence-corrected chi connectivity index (χ4v) is 6.61. The van der Waals surface area contributed by atoms with Crippen molar-refractivity contribution in [2.75, 3.05) is 13.2 Å². The summed E-state index contributed by atoms with van der Waals surface area (Å²) >= 11 is 0. The molecule has 2 amide bonds. The van der Waals surface area contributed by atoms with Crippen LogP contribution in [0, 0.1) is 6.92 Å². The highest BCUT2D eigenvalue weighted by Gasteiger charge is 2.31. The van der Waals surface area contributed by atoms with Crippen molar-refractivity contribution in [3.05, 3.63) is 110 Å². The van der Waals surface area contributed by atoms with Crippen LogP contribution >= 0.6 is 0 Å². The van der Waals surface area contributed by atoms with E-state index < -0.39 is 23.8 Å². The van der Waals surface area contributed by atoms with Crippen LogP contribution < -0.4 is 16.4 Å². The van der Waals surface area contributed by atoms with Gasteiger partial charge < -0.3 is 31.1 Å². The highest BCUT2D eigenvalue weighted by atomic mass is 16.5. The van der Waals surface area contributed by atoms with Gasteiger partial charge >= 0.3 is 11.9 Å². The highest BCUT2D eigenvalue weighted by molar-refractivity contribution is 5.98. The second-order valence-electron chi connectivity index (χ2n) is 11.7. The average Bonchev–Trinajstić information content (AvgIpc) is 3.77. The van der Waals surface area contributed by atoms with Crippen molar-refractivity contribution in [2.24, 2.45) is 5.73 Å². The van der Waals surface area contributed by atoms with E-state index in [2.05, 4.69) is 20.7 Å². The molecule has 1 aliphatic carbocycles. The normalized spacial score (nSPS) is 17.1. The number of carboxylic acids is 1. The van der Waals surface area contributed by atoms with Gasteiger partial charge in [-0.15, -0.1) is 0 Å². The second-order valence-corrected chi connectivity index (χ2v) is 11.7. The van der Waals surface area contributed by atoms with E-state index in [1.165, 1.54) is 22.3 Å². The summed E-state index contributed by atoms with van der Waals surface area (Å²) in [7, 11) is 0. The largest absolute Gasteiger partial charge is 0.478 e. The van der Waals surface area contributed by atoms with Crippen molar-refractivity contribution < 1.29 is 29.0 Å². The summed E-state index contributed by atoms with van der Waals surface area (Å²) in [5, 5.41) is 19.7. The number of nitrogens with one attached hydrogen (secondary N) is 2. The molecule has 0 spiro atoms. The van der Waals surface area contributed by atoms with E-state index >= 15 is 0 Å². The molecule has 46 heavy (non-hydrogen) atoms. The Bertz CT molecular complexity index is 2000. The van der Waals surface area contributed by atoms with E-state index in [1.54, 1.807) is 25.1 Å². The predicted octanol–water partition coefficient (Wildman–Crippen LogP) is 2.17. The van der Waals surface area contributed by atoms with Crippen LogP contribution in [0.15, 0.2) is 60.1 Å². The van der Waals surface area contributed by atoms with Gasteiger partial charge in [-0.05, 0) is 65.6 Å². The number of hydrogen-bond donors (Lipinski definition) is 4. The fourth-order valence-electron chi connectivity index (χ4n) is 6.61. The zero-order valence-corrected chi connectivity index (χ0v) is 25.0. The maximum absolute atomic E-state index is 13.6. The molecule has 2 aliphatic heterocycles. The summed E-state index contributed by atoms with van der Waals surface area (Å²) in [6.07, 6.45) is 3.53. The Hall–Kier alpha value is -5.72. The molecule has 13 nitrogen and oxygen atoms in total. The number of benzene rings is 2. The molecule has 0 bridgehead atoms. The number of amides is 2. The summed E-state index contributed by atoms with van der Waals surface area (Å²) in [5.41, 5.74) is 13.3. The third-order valence-corrected chi connectivity index (χ3v) is 8.96. The number of esters is 1. The lowest BCUT2D eigenvalue weighted by Crippen LogP contribution is -2.33. The molecule has 5 N–H and O–H groups in total. The minimum Gasteiger partial charge on any atom is -0.478 e. The first-order valence-corrected chi connectivity index (χ1v) is 15.0. The number of aromatic carboxylic acids is 1. The van der Waals surface area contributed by atoms with Gasteiger partial charge in [0, 0.05) is 31.8 Å². The molecule has 0 fully saturated rings. The van der Waals surface area contributed by atoms with Gasteiger partial charge in [0.15, 0.2) is 5.65 Å². The number of rotatable bonds is 7. The number of cyclic esters (lactones) is 1. The number of nitrogens with two attached hydrogens (primary N) is 1. The Morgan fingerprint density at radius 1 is 1.09 bits per heavy atom. The number of hydrogen-bond acceptors (Lipinski definition) is 9. The van der Waals surface area contributed by atoms with Gasteiger partial charge in [-0.25, -0.2) is 19.1 Å². The number of carboxylic acid groups (broad SMARTS) is 1. The van der Waals surface area contributed by atoms with Crippen molar-refractivity contribution in [1.82, 2.24) is 30.1 Å². The van der Waals surface area contributed by atoms with Crippen LogP contribution in [0.5, 0.6) is 0 Å². The minimum atomic E-state index is -0.981. The van der Waals surface area contributed by atoms with Gasteiger partial charge in [0.2, 0.25) is 0 Å². The molecule has 0 saturated heterocycles. The molecular weight excluding hydrogens is 590 g/mol. The number of carbonyl (C=O) groups excluding carboxylic acids is 3. The molecule has 1 atom stereocenters. The number of nitrogens with zero attached hydrogens (tertiary/aromatic N) is 4. The molecule has 4 aromatic rings. The van der Waals surface area contributed by atoms with Gasteiger partial charge in [0.05, 0.1) is 23.5 Å². The molecule has 0 unspecified atom stereocenters. The van der Waals surface area contributed by atoms with Crippen LogP contribution in [0.1, 0.15) is 77.2 Å². The van der Waals surface area contributed by atoms with Gasteiger partial charge in [0.1, 0.15) is 23.7 Å². The van der Waals surface area contributed by atoms with E-state index in [0.717, 1.165) is 28.7 Å². The monoisotopic (exact) mass is 621 g/mol. The standard InChI is InChI=1S/C33H31N7O6/c1-17-21-6-7-25(23(21)5-4-22(17)32(43)44)38-31(42)27-13-26(37-28-8-10-36-40(27)28)30(41)35-14-18-2-3-19-9-11-39(15-20(19)12-18)29-24(34)16-46-33(29)45/h2-5,8,10,12-13,25H,6-7,9,11,14-16,34H2,1H3,(H,35,41)(H,38,42)(H,43,44)/t25-/m0/s1. The quantitative estimate of drug-likeness (QED) is 0.223. The molecule has 3 aliphatic rings. The molecule has 13 heteroatoms. The van der Waals surface area contributed by atoms with Crippen molar-refractivity contribution in [3.8, 4) is 0 Å². The molecule has 7 rings (SSSR count). The molecule has 234 valence electrons. The molecule has 2 aromatic heterocycles. The summed E-state index contributed by atoms with van der Waals surface area (Å²) < 4.78 is 6.46. The van der Waals surface area contributed by atoms with Crippen molar-refractivity contribution in [1.29, 1.82) is 0 Å². The van der Waals surface area contributed by atoms with E-state index in [0.29, 0.717) is 48.5 Å². The lowest BCUT2D eigenvalue weighted by Gasteiger charge is -2.30. The van der Waals surface area contributed by atoms with Crippen molar-refractivity contribution >= 4 is 29.4 Å². The summed E-state index contributed by atoms with van der Waals surface area (Å²) in [6.45, 7) is 3.28. The zero-order chi connectivity index (χ0) is 32.1. The molecule has 0 saturated carbocycles. The zero-order valence-electron chi connectivity index (χ0n) is 25.0. The summed E-state index contributed by atoms with van der Waals surface area (Å²) in [5.74, 6) is -2.26. The Balaban J connectivity index is 1.06. The number of aromatic nitrogens is 3. The smallest absolute Gasteiger partial charge is 0.356 e. The molecular formula is C33H31N7O6. The van der Waals surface area contributed by atoms with Gasteiger partial charge in [-0.2, -0.15) is 5.10 Å². The van der Waals surface area contributed by atoms with E-state index in [1.807, 2.05) is 23.1 Å². The van der Waals surface area contributed by atoms with Crippen LogP contribution in [0.4, 0.5) is 0 Å². The van der Waals surface area contributed by atoms with Crippen LogP contribution in [0.25, 0.3) is 5.65 Å². The van der Waals surface area contributed by atoms with Crippen LogP contribution in [-0.4, -0.2) is 61.5 Å². The maximum Gasteiger partial charge on any atom is 0.356 e. The Morgan fingerprint density at radius 2 is 1.93 bits per heavy atom. The van der Waals surface area contributed by atoms with Crippen LogP contribution in [-0.2, 0) is 35.5 Å². The Kier molecular flexibility index (Phi) is 7.15. The van der Waals surface area contributed by atoms with E-state index in [-0.39, 0.29) is 36.1 Å². The first kappa shape index (κ1) is 29.0. The summed E-state index contributed by atoms with van der Waals surface area (Å²) in [6, 6.07) is 12.0. The van der Waals surface area contributed by atoms with Gasteiger partial charge in [-0.3, -0.25) is 9.59 Å². The second kappa shape index (κ2) is 11.3. The molecule has 0 radical (unpaired) electrons. The third kappa shape index (κ3) is 5.09. The fraction of sp³-hybridized carbons (Fsp3) is 0.273. The Morgan fingerprint density at radius 3 is 2.72 bits per heavy atom. The van der Waals surface area contributed by atoms with Gasteiger partial charge in [-0.1, -0.05) is 24.3 Å². The average molecular weight is 622 g/mol. The van der Waals surface area contributed by atoms with Crippen LogP contribution in [0.2, 0.25) is 0 Å². The van der Waals surface area contributed by atoms with Crippen molar-refractivity contribution in [2.45, 2.75) is 45.3 Å². The maximum atomic E-state index is 13.6. The number of ether oxygens (including phenoxy) is 1. The number of fused-ring (bicyclic) bond motifs is 3. The van der Waals surface area contributed by atoms with Gasteiger partial charge in [0.25, 0.3) is 11.8 Å².